The van der Waals surface area contributed by atoms with Crippen LogP contribution in [0.15, 0.2) is 66.8 Å². The predicted octanol–water partition coefficient (Wildman–Crippen LogP) is 4.04. The number of hydroxylamine groups is 1. The van der Waals surface area contributed by atoms with Gasteiger partial charge in [-0.15, -0.1) is 13.2 Å². The molecule has 3 aromatic rings. The lowest BCUT2D eigenvalue weighted by Crippen LogP contribution is -2.23. The van der Waals surface area contributed by atoms with Crippen LogP contribution >= 0.6 is 0 Å². The molecule has 0 unspecified atom stereocenters. The number of hydrogen-bond donors (Lipinski definition) is 2. The third-order valence-electron chi connectivity index (χ3n) is 4.17. The minimum absolute atomic E-state index is 0.306. The van der Waals surface area contributed by atoms with E-state index in [-0.39, 0.29) is 5.75 Å². The van der Waals surface area contributed by atoms with Gasteiger partial charge in [0.15, 0.2) is 0 Å². The highest BCUT2D eigenvalue weighted by Gasteiger charge is 2.34. The Hall–Kier alpha value is -3.53. The molecule has 2 aromatic heterocycles. The van der Waals surface area contributed by atoms with Crippen molar-refractivity contribution >= 4 is 0 Å². The monoisotopic (exact) mass is 404 g/mol. The molecule has 0 saturated carbocycles. The Morgan fingerprint density at radius 3 is 2.41 bits per heavy atom. The van der Waals surface area contributed by atoms with Gasteiger partial charge in [0.05, 0.1) is 17.6 Å². The number of ether oxygens (including phenoxy) is 2. The number of halogens is 3. The summed E-state index contributed by atoms with van der Waals surface area (Å²) in [5, 5.41) is 6.70. The van der Waals surface area contributed by atoms with E-state index < -0.39 is 12.0 Å². The van der Waals surface area contributed by atoms with Crippen molar-refractivity contribution in [2.45, 2.75) is 18.9 Å². The van der Waals surface area contributed by atoms with Crippen molar-refractivity contribution in [2.24, 2.45) is 0 Å². The summed E-state index contributed by atoms with van der Waals surface area (Å²) in [4.78, 5) is 9.87. The summed E-state index contributed by atoms with van der Waals surface area (Å²) in [5.41, 5.74) is 3.85. The maximum atomic E-state index is 12.3. The summed E-state index contributed by atoms with van der Waals surface area (Å²) >= 11 is 0. The lowest BCUT2D eigenvalue weighted by Gasteiger charge is -2.20. The third-order valence-corrected chi connectivity index (χ3v) is 4.17. The predicted molar refractivity (Wildman–Crippen MR) is 95.2 cm³/mol. The molecular formula is C19H15F3N4O3. The molecule has 150 valence electrons. The van der Waals surface area contributed by atoms with Crippen LogP contribution in [0.2, 0.25) is 0 Å². The van der Waals surface area contributed by atoms with Gasteiger partial charge in [0.2, 0.25) is 5.88 Å². The van der Waals surface area contributed by atoms with Crippen LogP contribution in [0, 0.1) is 0 Å². The molecule has 1 atom stereocenters. The first-order valence-electron chi connectivity index (χ1n) is 8.48. The number of aromatic nitrogens is 3. The Kier molecular flexibility index (Phi) is 4.63. The molecule has 3 heterocycles. The second kappa shape index (κ2) is 7.13. The van der Waals surface area contributed by atoms with E-state index in [4.69, 9.17) is 9.57 Å². The normalized spacial score (nSPS) is 18.8. The number of benzene rings is 1. The van der Waals surface area contributed by atoms with Gasteiger partial charge < -0.3 is 9.47 Å². The van der Waals surface area contributed by atoms with Crippen molar-refractivity contribution in [3.63, 3.8) is 0 Å². The first-order valence-corrected chi connectivity index (χ1v) is 8.48. The zero-order chi connectivity index (χ0) is 20.5. The summed E-state index contributed by atoms with van der Waals surface area (Å²) in [6, 6.07) is 10.7. The molecule has 0 saturated heterocycles. The Balaban J connectivity index is 1.45. The number of rotatable bonds is 5. The summed E-state index contributed by atoms with van der Waals surface area (Å²) in [6.07, 6.45) is 0.125. The van der Waals surface area contributed by atoms with Crippen molar-refractivity contribution in [3.05, 3.63) is 72.4 Å². The number of pyridine rings is 1. The smallest absolute Gasteiger partial charge is 0.438 e. The molecule has 7 nitrogen and oxygen atoms in total. The minimum atomic E-state index is -4.74. The van der Waals surface area contributed by atoms with Crippen LogP contribution in [0.5, 0.6) is 11.5 Å². The molecule has 2 N–H and O–H groups in total. The number of H-pyrrole nitrogens is 1. The van der Waals surface area contributed by atoms with Gasteiger partial charge in [-0.1, -0.05) is 12.1 Å². The fraction of sp³-hybridized carbons (Fsp3) is 0.158. The van der Waals surface area contributed by atoms with Gasteiger partial charge in [-0.25, -0.2) is 5.48 Å². The van der Waals surface area contributed by atoms with Crippen LogP contribution in [0.1, 0.15) is 12.5 Å². The van der Waals surface area contributed by atoms with Crippen LogP contribution in [0.25, 0.3) is 11.4 Å². The lowest BCUT2D eigenvalue weighted by atomic mass is 9.96. The number of alkyl halides is 3. The molecule has 0 spiro atoms. The largest absolute Gasteiger partial charge is 0.573 e. The van der Waals surface area contributed by atoms with Gasteiger partial charge in [0, 0.05) is 12.3 Å². The SMILES string of the molecule is C[C@]1(c2ccc(OC(F)(F)F)cc2)C=C(Oc2ccc(-c3ccn[nH]3)nc2)NO1. The number of nitrogens with one attached hydrogen (secondary N) is 2. The second-order valence-electron chi connectivity index (χ2n) is 6.34. The van der Waals surface area contributed by atoms with E-state index in [9.17, 15) is 13.2 Å². The minimum Gasteiger partial charge on any atom is -0.438 e. The Bertz CT molecular complexity index is 1000. The van der Waals surface area contributed by atoms with Crippen molar-refractivity contribution in [1.29, 1.82) is 0 Å². The molecule has 1 aromatic carbocycles. The van der Waals surface area contributed by atoms with Gasteiger partial charge >= 0.3 is 6.36 Å². The van der Waals surface area contributed by atoms with Crippen LogP contribution in [0.4, 0.5) is 13.2 Å². The Morgan fingerprint density at radius 2 is 1.79 bits per heavy atom. The van der Waals surface area contributed by atoms with Gasteiger partial charge in [-0.2, -0.15) is 5.10 Å². The van der Waals surface area contributed by atoms with Gasteiger partial charge in [-0.3, -0.25) is 14.9 Å². The molecule has 1 aliphatic heterocycles. The van der Waals surface area contributed by atoms with Crippen LogP contribution in [-0.4, -0.2) is 21.5 Å². The van der Waals surface area contributed by atoms with E-state index >= 15 is 0 Å². The average molecular weight is 404 g/mol. The Morgan fingerprint density at radius 1 is 1.03 bits per heavy atom. The Labute approximate surface area is 163 Å². The van der Waals surface area contributed by atoms with Crippen LogP contribution in [-0.2, 0) is 10.4 Å². The van der Waals surface area contributed by atoms with Crippen molar-refractivity contribution in [1.82, 2.24) is 20.7 Å². The van der Waals surface area contributed by atoms with Crippen molar-refractivity contribution in [3.8, 4) is 22.9 Å². The number of nitrogens with zero attached hydrogens (tertiary/aromatic N) is 2. The van der Waals surface area contributed by atoms with Crippen LogP contribution < -0.4 is 15.0 Å². The van der Waals surface area contributed by atoms with Crippen molar-refractivity contribution in [2.75, 3.05) is 0 Å². The van der Waals surface area contributed by atoms with Gasteiger partial charge in [0.25, 0.3) is 0 Å². The molecule has 0 radical (unpaired) electrons. The molecule has 1 aliphatic rings. The third kappa shape index (κ3) is 4.32. The highest BCUT2D eigenvalue weighted by molar-refractivity contribution is 5.53. The molecular weight excluding hydrogens is 389 g/mol. The fourth-order valence-corrected chi connectivity index (χ4v) is 2.77. The zero-order valence-electron chi connectivity index (χ0n) is 15.0. The molecule has 10 heteroatoms. The number of hydrogen-bond acceptors (Lipinski definition) is 6. The maximum absolute atomic E-state index is 12.3. The highest BCUT2D eigenvalue weighted by Crippen LogP contribution is 2.34. The second-order valence-corrected chi connectivity index (χ2v) is 6.34. The van der Waals surface area contributed by atoms with E-state index in [0.29, 0.717) is 22.9 Å². The van der Waals surface area contributed by atoms with E-state index in [1.807, 2.05) is 0 Å². The fourth-order valence-electron chi connectivity index (χ4n) is 2.77. The summed E-state index contributed by atoms with van der Waals surface area (Å²) in [6.45, 7) is 1.75. The molecule has 29 heavy (non-hydrogen) atoms. The zero-order valence-corrected chi connectivity index (χ0v) is 15.0. The average Bonchev–Trinajstić information content (AvgIpc) is 3.33. The number of aromatic amines is 1. The van der Waals surface area contributed by atoms with E-state index in [2.05, 4.69) is 25.4 Å². The van der Waals surface area contributed by atoms with E-state index in [1.54, 1.807) is 43.6 Å². The van der Waals surface area contributed by atoms with Crippen LogP contribution in [0.3, 0.4) is 0 Å². The molecule has 0 aliphatic carbocycles. The molecule has 0 amide bonds. The molecule has 4 rings (SSSR count). The van der Waals surface area contributed by atoms with E-state index in [1.165, 1.54) is 24.3 Å². The summed E-state index contributed by atoms with van der Waals surface area (Å²) in [5.74, 6) is 0.507. The summed E-state index contributed by atoms with van der Waals surface area (Å²) in [7, 11) is 0. The quantitative estimate of drug-likeness (QED) is 0.668. The standard InChI is InChI=1S/C19H15F3N4O3/c1-18(12-2-4-13(5-3-12)28-19(20,21)22)10-17(26-29-18)27-14-6-7-15(23-11-14)16-8-9-24-25-16/h2-11,26H,1H3,(H,24,25)/t18-/m1/s1. The molecule has 0 fully saturated rings. The van der Waals surface area contributed by atoms with Gasteiger partial charge in [-0.05, 0) is 42.8 Å². The van der Waals surface area contributed by atoms with E-state index in [0.717, 1.165) is 5.69 Å². The maximum Gasteiger partial charge on any atom is 0.573 e. The lowest BCUT2D eigenvalue weighted by molar-refractivity contribution is -0.274. The first-order chi connectivity index (χ1) is 13.8. The topological polar surface area (TPSA) is 81.3 Å². The highest BCUT2D eigenvalue weighted by atomic mass is 19.4. The first kappa shape index (κ1) is 18.8. The summed E-state index contributed by atoms with van der Waals surface area (Å²) < 4.78 is 46.5. The molecule has 0 bridgehead atoms. The van der Waals surface area contributed by atoms with Crippen molar-refractivity contribution < 1.29 is 27.5 Å². The van der Waals surface area contributed by atoms with Gasteiger partial charge in [0.1, 0.15) is 17.1 Å².